The highest BCUT2D eigenvalue weighted by Crippen LogP contribution is 2.43. The SMILES string of the molecule is CO/N=C1/CC(C)SC2CCC(Cl)CC12. The van der Waals surface area contributed by atoms with Gasteiger partial charge in [0.25, 0.3) is 0 Å². The lowest BCUT2D eigenvalue weighted by Crippen LogP contribution is -2.39. The second-order valence-electron chi connectivity index (χ2n) is 4.47. The molecule has 4 atom stereocenters. The van der Waals surface area contributed by atoms with Gasteiger partial charge in [0.15, 0.2) is 0 Å². The number of fused-ring (bicyclic) bond motifs is 1. The molecule has 2 nitrogen and oxygen atoms in total. The lowest BCUT2D eigenvalue weighted by atomic mass is 9.83. The molecule has 1 aliphatic heterocycles. The maximum atomic E-state index is 6.23. The van der Waals surface area contributed by atoms with Crippen molar-refractivity contribution < 1.29 is 4.84 Å². The Morgan fingerprint density at radius 2 is 2.27 bits per heavy atom. The summed E-state index contributed by atoms with van der Waals surface area (Å²) in [6.07, 6.45) is 4.52. The van der Waals surface area contributed by atoms with Gasteiger partial charge in [0.2, 0.25) is 0 Å². The van der Waals surface area contributed by atoms with Gasteiger partial charge in [0.1, 0.15) is 7.11 Å². The Morgan fingerprint density at radius 1 is 1.47 bits per heavy atom. The topological polar surface area (TPSA) is 21.6 Å². The molecule has 2 fully saturated rings. The van der Waals surface area contributed by atoms with Gasteiger partial charge in [-0.3, -0.25) is 0 Å². The van der Waals surface area contributed by atoms with Crippen LogP contribution in [0.25, 0.3) is 0 Å². The van der Waals surface area contributed by atoms with E-state index in [1.807, 2.05) is 0 Å². The van der Waals surface area contributed by atoms with Crippen molar-refractivity contribution in [3.8, 4) is 0 Å². The zero-order valence-corrected chi connectivity index (χ0v) is 10.9. The largest absolute Gasteiger partial charge is 0.399 e. The van der Waals surface area contributed by atoms with Crippen LogP contribution in [0.3, 0.4) is 0 Å². The average Bonchev–Trinajstić information content (AvgIpc) is 2.19. The van der Waals surface area contributed by atoms with Crippen molar-refractivity contribution in [2.45, 2.75) is 48.5 Å². The van der Waals surface area contributed by atoms with Gasteiger partial charge in [-0.1, -0.05) is 12.1 Å². The van der Waals surface area contributed by atoms with Gasteiger partial charge in [0.05, 0.1) is 5.71 Å². The van der Waals surface area contributed by atoms with E-state index in [9.17, 15) is 0 Å². The molecule has 0 N–H and O–H groups in total. The highest BCUT2D eigenvalue weighted by atomic mass is 35.5. The van der Waals surface area contributed by atoms with E-state index in [1.54, 1.807) is 7.11 Å². The van der Waals surface area contributed by atoms with E-state index in [1.165, 1.54) is 12.1 Å². The summed E-state index contributed by atoms with van der Waals surface area (Å²) >= 11 is 8.34. The number of nitrogens with zero attached hydrogens (tertiary/aromatic N) is 1. The first kappa shape index (κ1) is 11.6. The van der Waals surface area contributed by atoms with Gasteiger partial charge < -0.3 is 4.84 Å². The molecule has 0 amide bonds. The molecule has 15 heavy (non-hydrogen) atoms. The maximum Gasteiger partial charge on any atom is 0.106 e. The van der Waals surface area contributed by atoms with Gasteiger partial charge in [-0.15, -0.1) is 11.6 Å². The summed E-state index contributed by atoms with van der Waals surface area (Å²) in [6, 6.07) is 0. The van der Waals surface area contributed by atoms with Gasteiger partial charge in [-0.2, -0.15) is 11.8 Å². The van der Waals surface area contributed by atoms with Crippen molar-refractivity contribution >= 4 is 29.1 Å². The van der Waals surface area contributed by atoms with E-state index in [0.717, 1.165) is 24.5 Å². The molecule has 1 aliphatic carbocycles. The fourth-order valence-electron chi connectivity index (χ4n) is 2.62. The molecule has 0 spiro atoms. The van der Waals surface area contributed by atoms with E-state index < -0.39 is 0 Å². The second-order valence-corrected chi connectivity index (χ2v) is 6.77. The third-order valence-corrected chi connectivity index (χ3v) is 5.20. The van der Waals surface area contributed by atoms with E-state index in [0.29, 0.717) is 16.5 Å². The third kappa shape index (κ3) is 2.62. The molecule has 1 saturated heterocycles. The third-order valence-electron chi connectivity index (χ3n) is 3.26. The Morgan fingerprint density at radius 3 is 3.00 bits per heavy atom. The standard InChI is InChI=1S/C11H18ClNOS/c1-7-5-10(13-14-2)9-6-8(12)3-4-11(9)15-7/h7-9,11H,3-6H2,1-2H3/b13-10-. The molecule has 86 valence electrons. The number of rotatable bonds is 1. The predicted molar refractivity (Wildman–Crippen MR) is 66.9 cm³/mol. The lowest BCUT2D eigenvalue weighted by molar-refractivity contribution is 0.208. The fourth-order valence-corrected chi connectivity index (χ4v) is 4.53. The first-order valence-corrected chi connectivity index (χ1v) is 6.98. The Bertz CT molecular complexity index is 259. The molecule has 2 aliphatic rings. The highest BCUT2D eigenvalue weighted by molar-refractivity contribution is 8.00. The van der Waals surface area contributed by atoms with Crippen LogP contribution < -0.4 is 0 Å². The van der Waals surface area contributed by atoms with Gasteiger partial charge in [-0.05, 0) is 19.3 Å². The van der Waals surface area contributed by atoms with Crippen LogP contribution in [-0.2, 0) is 4.84 Å². The minimum Gasteiger partial charge on any atom is -0.399 e. The monoisotopic (exact) mass is 247 g/mol. The first-order valence-electron chi connectivity index (χ1n) is 5.60. The molecule has 0 radical (unpaired) electrons. The van der Waals surface area contributed by atoms with E-state index in [2.05, 4.69) is 23.8 Å². The zero-order valence-electron chi connectivity index (χ0n) is 9.28. The first-order chi connectivity index (χ1) is 7.20. The second kappa shape index (κ2) is 4.96. The Labute approximate surface area is 101 Å². The summed E-state index contributed by atoms with van der Waals surface area (Å²) in [7, 11) is 1.63. The van der Waals surface area contributed by atoms with Crippen molar-refractivity contribution in [2.75, 3.05) is 7.11 Å². The van der Waals surface area contributed by atoms with Crippen LogP contribution in [0.15, 0.2) is 5.16 Å². The van der Waals surface area contributed by atoms with Crippen molar-refractivity contribution in [1.82, 2.24) is 0 Å². The lowest BCUT2D eigenvalue weighted by Gasteiger charge is -2.39. The molecule has 4 unspecified atom stereocenters. The average molecular weight is 248 g/mol. The van der Waals surface area contributed by atoms with E-state index >= 15 is 0 Å². The highest BCUT2D eigenvalue weighted by Gasteiger charge is 2.38. The molecular formula is C11H18ClNOS. The molecule has 1 saturated carbocycles. The van der Waals surface area contributed by atoms with Crippen LogP contribution in [-0.4, -0.2) is 28.7 Å². The summed E-state index contributed by atoms with van der Waals surface area (Å²) in [4.78, 5) is 4.95. The summed E-state index contributed by atoms with van der Waals surface area (Å²) in [6.45, 7) is 2.28. The smallest absolute Gasteiger partial charge is 0.106 e. The number of oxime groups is 1. The summed E-state index contributed by atoms with van der Waals surface area (Å²) < 4.78 is 0. The molecule has 0 aromatic heterocycles. The van der Waals surface area contributed by atoms with Crippen molar-refractivity contribution in [2.24, 2.45) is 11.1 Å². The number of halogens is 1. The summed E-state index contributed by atoms with van der Waals surface area (Å²) in [5, 5.41) is 5.93. The minimum atomic E-state index is 0.335. The van der Waals surface area contributed by atoms with Crippen LogP contribution in [0.2, 0.25) is 0 Å². The Hall–Kier alpha value is 0.110. The number of hydrogen-bond donors (Lipinski definition) is 0. The normalized spacial score (nSPS) is 43.8. The molecule has 2 rings (SSSR count). The van der Waals surface area contributed by atoms with Crippen molar-refractivity contribution in [1.29, 1.82) is 0 Å². The van der Waals surface area contributed by atoms with Crippen LogP contribution in [0.4, 0.5) is 0 Å². The molecule has 1 heterocycles. The van der Waals surface area contributed by atoms with Crippen molar-refractivity contribution in [3.05, 3.63) is 0 Å². The molecule has 0 bridgehead atoms. The van der Waals surface area contributed by atoms with Crippen LogP contribution in [0, 0.1) is 5.92 Å². The maximum absolute atomic E-state index is 6.23. The molecule has 0 aromatic rings. The Balaban J connectivity index is 2.12. The summed E-state index contributed by atoms with van der Waals surface area (Å²) in [5.41, 5.74) is 1.24. The predicted octanol–water partition coefficient (Wildman–Crippen LogP) is 3.29. The molecule has 0 aromatic carbocycles. The Kier molecular flexibility index (Phi) is 3.83. The molecular weight excluding hydrogens is 230 g/mol. The fraction of sp³-hybridized carbons (Fsp3) is 0.909. The zero-order chi connectivity index (χ0) is 10.8. The number of thioether (sulfide) groups is 1. The minimum absolute atomic E-state index is 0.335. The van der Waals surface area contributed by atoms with Crippen LogP contribution in [0.1, 0.15) is 32.6 Å². The van der Waals surface area contributed by atoms with Crippen molar-refractivity contribution in [3.63, 3.8) is 0 Å². The quantitative estimate of drug-likeness (QED) is 0.524. The van der Waals surface area contributed by atoms with Crippen LogP contribution >= 0.6 is 23.4 Å². The van der Waals surface area contributed by atoms with Crippen LogP contribution in [0.5, 0.6) is 0 Å². The molecule has 4 heteroatoms. The van der Waals surface area contributed by atoms with E-state index in [-0.39, 0.29) is 0 Å². The number of alkyl halides is 1. The summed E-state index contributed by atoms with van der Waals surface area (Å²) in [5.74, 6) is 0.558. The van der Waals surface area contributed by atoms with E-state index in [4.69, 9.17) is 16.4 Å². The number of hydrogen-bond acceptors (Lipinski definition) is 3. The van der Waals surface area contributed by atoms with Gasteiger partial charge in [-0.25, -0.2) is 0 Å². The van der Waals surface area contributed by atoms with Gasteiger partial charge >= 0.3 is 0 Å². The van der Waals surface area contributed by atoms with Gasteiger partial charge in [0, 0.05) is 28.2 Å².